The van der Waals surface area contributed by atoms with E-state index in [0.717, 1.165) is 200 Å². The highest BCUT2D eigenvalue weighted by Crippen LogP contribution is 2.50. The summed E-state index contributed by atoms with van der Waals surface area (Å²) in [6.45, 7) is 12.4. The summed E-state index contributed by atoms with van der Waals surface area (Å²) in [5, 5.41) is 0. The summed E-state index contributed by atoms with van der Waals surface area (Å²) in [5.41, 5.74) is 0. The molecule has 15 aliphatic rings. The molecule has 0 radical (unpaired) electrons. The largest absolute Gasteiger partial charge is 0.353 e. The monoisotopic (exact) mass is 1010 g/mol. The molecular weight excluding hydrogens is 917 g/mol. The molecule has 0 aromatic heterocycles. The van der Waals surface area contributed by atoms with Crippen LogP contribution in [0.4, 0.5) is 0 Å². The van der Waals surface area contributed by atoms with E-state index in [1.165, 1.54) is 89.9 Å². The third-order valence-electron chi connectivity index (χ3n) is 20.3. The fourth-order valence-corrected chi connectivity index (χ4v) is 16.3. The van der Waals surface area contributed by atoms with Gasteiger partial charge >= 0.3 is 0 Å². The fraction of sp³-hybridized carbons (Fsp3) is 0.841. The van der Waals surface area contributed by atoms with E-state index < -0.39 is 0 Å². The fourth-order valence-electron chi connectivity index (χ4n) is 16.3. The lowest BCUT2D eigenvalue weighted by atomic mass is 9.88. The van der Waals surface area contributed by atoms with E-state index in [0.29, 0.717) is 0 Å². The molecular formula is C63H96O10. The predicted molar refractivity (Wildman–Crippen MR) is 283 cm³/mol. The molecule has 15 rings (SSSR count). The van der Waals surface area contributed by atoms with Crippen molar-refractivity contribution in [3.05, 3.63) is 60.8 Å². The van der Waals surface area contributed by atoms with Crippen LogP contribution < -0.4 is 0 Å². The van der Waals surface area contributed by atoms with Gasteiger partial charge < -0.3 is 47.4 Å². The van der Waals surface area contributed by atoms with E-state index in [9.17, 15) is 0 Å². The molecule has 408 valence electrons. The number of ether oxygens (including phenoxy) is 10. The van der Waals surface area contributed by atoms with Crippen molar-refractivity contribution >= 4 is 0 Å². The maximum absolute atomic E-state index is 5.77. The Kier molecular flexibility index (Phi) is 18.5. The van der Waals surface area contributed by atoms with Crippen LogP contribution in [-0.4, -0.2) is 96.5 Å². The van der Waals surface area contributed by atoms with Crippen molar-refractivity contribution in [3.8, 4) is 0 Å². The maximum atomic E-state index is 5.77. The topological polar surface area (TPSA) is 92.3 Å². The van der Waals surface area contributed by atoms with Crippen LogP contribution in [0.5, 0.6) is 0 Å². The Morgan fingerprint density at radius 3 is 1.01 bits per heavy atom. The molecule has 10 aliphatic carbocycles. The number of hydrogen-bond acceptors (Lipinski definition) is 10. The zero-order valence-corrected chi connectivity index (χ0v) is 45.2. The van der Waals surface area contributed by atoms with Crippen LogP contribution in [-0.2, 0) is 47.4 Å². The minimum atomic E-state index is -0.288. The summed E-state index contributed by atoms with van der Waals surface area (Å²) in [4.78, 5) is 0. The molecule has 0 aromatic rings. The van der Waals surface area contributed by atoms with Crippen molar-refractivity contribution in [2.75, 3.05) is 66.1 Å². The second-order valence-electron chi connectivity index (χ2n) is 25.6. The Hall–Kier alpha value is -1.70. The molecule has 10 fully saturated rings. The lowest BCUT2D eigenvalue weighted by molar-refractivity contribution is -0.260. The number of rotatable bonds is 14. The second-order valence-corrected chi connectivity index (χ2v) is 25.6. The summed E-state index contributed by atoms with van der Waals surface area (Å²) >= 11 is 0. The van der Waals surface area contributed by atoms with Gasteiger partial charge in [-0.2, -0.15) is 0 Å². The molecule has 10 bridgehead atoms. The van der Waals surface area contributed by atoms with Gasteiger partial charge in [-0.3, -0.25) is 0 Å². The quantitative estimate of drug-likeness (QED) is 0.157. The van der Waals surface area contributed by atoms with E-state index in [1.54, 1.807) is 0 Å². The normalized spacial score (nSPS) is 41.3. The van der Waals surface area contributed by atoms with Crippen LogP contribution in [0.1, 0.15) is 149 Å². The minimum absolute atomic E-state index is 0.0986. The molecule has 10 nitrogen and oxygen atoms in total. The first-order chi connectivity index (χ1) is 35.8. The highest BCUT2D eigenvalue weighted by atomic mass is 16.7. The minimum Gasteiger partial charge on any atom is -0.353 e. The zero-order valence-electron chi connectivity index (χ0n) is 45.2. The van der Waals surface area contributed by atoms with E-state index >= 15 is 0 Å². The molecule has 0 amide bonds. The van der Waals surface area contributed by atoms with Gasteiger partial charge in [-0.15, -0.1) is 0 Å². The molecule has 5 saturated heterocycles. The smallest absolute Gasteiger partial charge is 0.165 e. The molecule has 5 saturated carbocycles. The van der Waals surface area contributed by atoms with E-state index in [2.05, 4.69) is 74.6 Å². The molecule has 0 spiro atoms. The molecule has 10 heteroatoms. The Balaban J connectivity index is 0.0000000984. The summed E-state index contributed by atoms with van der Waals surface area (Å²) in [7, 11) is 0. The molecule has 0 aromatic carbocycles. The third-order valence-corrected chi connectivity index (χ3v) is 20.3. The van der Waals surface area contributed by atoms with Crippen molar-refractivity contribution in [3.63, 3.8) is 0 Å². The van der Waals surface area contributed by atoms with Gasteiger partial charge in [0.05, 0.1) is 66.1 Å². The van der Waals surface area contributed by atoms with Crippen molar-refractivity contribution in [2.45, 2.75) is 179 Å². The first-order valence-electron chi connectivity index (χ1n) is 30.4. The average molecular weight is 1010 g/mol. The van der Waals surface area contributed by atoms with Gasteiger partial charge in [0, 0.05) is 25.7 Å². The number of hydrogen-bond donors (Lipinski definition) is 0. The van der Waals surface area contributed by atoms with Gasteiger partial charge in [0.2, 0.25) is 0 Å². The molecule has 0 N–H and O–H groups in total. The number of allylic oxidation sites excluding steroid dienone is 10. The van der Waals surface area contributed by atoms with Crippen LogP contribution in [0.15, 0.2) is 60.8 Å². The molecule has 73 heavy (non-hydrogen) atoms. The predicted octanol–water partition coefficient (Wildman–Crippen LogP) is 12.9. The summed E-state index contributed by atoms with van der Waals surface area (Å²) in [6.07, 6.45) is 51.2. The summed E-state index contributed by atoms with van der Waals surface area (Å²) < 4.78 is 55.9. The van der Waals surface area contributed by atoms with E-state index in [4.69, 9.17) is 47.4 Å². The van der Waals surface area contributed by atoms with Crippen molar-refractivity contribution in [2.24, 2.45) is 88.8 Å². The Morgan fingerprint density at radius 2 is 0.644 bits per heavy atom. The Morgan fingerprint density at radius 1 is 0.315 bits per heavy atom. The zero-order chi connectivity index (χ0) is 49.5. The van der Waals surface area contributed by atoms with Crippen molar-refractivity contribution < 1.29 is 47.4 Å². The Labute approximate surface area is 440 Å². The SMILES string of the molecule is C1=CC2CC1CC2CC1OCCCO1.C1=CC2CC1CC2CC1OCCO1.C1=CC2CC1CC2CCCC1OCCO1.CC1(CCC2CC3C=CC2C3)OCCCO1.CC1(CCC2CC3C=CC2C3)OCCO1. The molecule has 5 heterocycles. The molecule has 5 aliphatic heterocycles. The number of fused-ring (bicyclic) bond motifs is 10. The Bertz CT molecular complexity index is 1850. The van der Waals surface area contributed by atoms with Gasteiger partial charge in [-0.25, -0.2) is 0 Å². The lowest BCUT2D eigenvalue weighted by Gasteiger charge is -2.35. The third kappa shape index (κ3) is 14.5. The average Bonchev–Trinajstić information content (AvgIpc) is 4.22. The summed E-state index contributed by atoms with van der Waals surface area (Å²) in [5.74, 6) is 12.6. The van der Waals surface area contributed by atoms with Crippen LogP contribution in [0.2, 0.25) is 0 Å². The van der Waals surface area contributed by atoms with Gasteiger partial charge in [-0.1, -0.05) is 60.8 Å². The maximum Gasteiger partial charge on any atom is 0.165 e. The highest BCUT2D eigenvalue weighted by molar-refractivity contribution is 5.13. The van der Waals surface area contributed by atoms with Crippen LogP contribution in [0.3, 0.4) is 0 Å². The highest BCUT2D eigenvalue weighted by Gasteiger charge is 2.42. The lowest BCUT2D eigenvalue weighted by Crippen LogP contribution is -2.38. The van der Waals surface area contributed by atoms with Crippen LogP contribution in [0, 0.1) is 88.8 Å². The van der Waals surface area contributed by atoms with Gasteiger partial charge in [-0.05, 0) is 212 Å². The summed E-state index contributed by atoms with van der Waals surface area (Å²) in [6, 6.07) is 0. The van der Waals surface area contributed by atoms with Crippen molar-refractivity contribution in [1.82, 2.24) is 0 Å². The standard InChI is InChI=1S/C14H22O2.2C13H20O2.C12H18O2.C11H16O2/c1-14(15-7-2-8-16-14)6-5-13-10-11-3-4-12(13)9-11;1-13(14-6-7-15-13)5-4-12-9-10-2-3-11(12)8-10;1(3-13-14-6-7-15-13)2-11-8-10-4-5-12(11)9-10;1-4-13-12(14-5-1)8-11-7-9-2-3-10(11)6-9;1-2-9-5-8(1)6-10(9)7-11-12-3-4-13-11/h3-4,11-13H,2,5-10H2,1H3;2-3,10-12H,4-9H2,1H3;4-5,10-13H,1-3,6-9H2;2-3,9-12H,1,4-8H2;1-2,8-11H,3-7H2. The first-order valence-corrected chi connectivity index (χ1v) is 30.4. The van der Waals surface area contributed by atoms with Gasteiger partial charge in [0.1, 0.15) is 0 Å². The molecule has 15 unspecified atom stereocenters. The molecule has 15 atom stereocenters. The van der Waals surface area contributed by atoms with Crippen molar-refractivity contribution in [1.29, 1.82) is 0 Å². The first kappa shape index (κ1) is 53.3. The van der Waals surface area contributed by atoms with Gasteiger partial charge in [0.15, 0.2) is 30.4 Å². The van der Waals surface area contributed by atoms with Crippen LogP contribution >= 0.6 is 0 Å². The van der Waals surface area contributed by atoms with E-state index in [-0.39, 0.29) is 30.4 Å². The van der Waals surface area contributed by atoms with E-state index in [1.807, 2.05) is 0 Å². The second kappa shape index (κ2) is 25.4. The van der Waals surface area contributed by atoms with Gasteiger partial charge in [0.25, 0.3) is 0 Å². The van der Waals surface area contributed by atoms with Crippen LogP contribution in [0.25, 0.3) is 0 Å².